The highest BCUT2D eigenvalue weighted by atomic mass is 19.1. The second-order valence-electron chi connectivity index (χ2n) is 6.02. The molecule has 6 heteroatoms. The lowest BCUT2D eigenvalue weighted by Crippen LogP contribution is -2.33. The van der Waals surface area contributed by atoms with Crippen molar-refractivity contribution in [1.82, 2.24) is 5.32 Å². The van der Waals surface area contributed by atoms with E-state index in [1.807, 2.05) is 0 Å². The minimum atomic E-state index is -0.593. The van der Waals surface area contributed by atoms with Gasteiger partial charge in [-0.05, 0) is 50.5 Å². The molecular formula is C17H24FNO4. The first-order valence-electron chi connectivity index (χ1n) is 7.24. The molecule has 1 aromatic carbocycles. The summed E-state index contributed by atoms with van der Waals surface area (Å²) in [5.74, 6) is 1.25. The van der Waals surface area contributed by atoms with Crippen LogP contribution in [0.2, 0.25) is 0 Å². The highest BCUT2D eigenvalue weighted by Crippen LogP contribution is 2.24. The van der Waals surface area contributed by atoms with Crippen LogP contribution in [0, 0.1) is 0 Å². The summed E-state index contributed by atoms with van der Waals surface area (Å²) in [5, 5.41) is 2.54. The first-order valence-corrected chi connectivity index (χ1v) is 7.24. The van der Waals surface area contributed by atoms with Crippen molar-refractivity contribution in [2.45, 2.75) is 32.8 Å². The van der Waals surface area contributed by atoms with E-state index in [1.165, 1.54) is 0 Å². The molecule has 1 amide bonds. The number of carbonyl (C=O) groups excluding carboxylic acids is 1. The molecule has 1 rings (SSSR count). The van der Waals surface area contributed by atoms with Crippen molar-refractivity contribution in [3.05, 3.63) is 35.7 Å². The zero-order chi connectivity index (χ0) is 17.5. The fraction of sp³-hybridized carbons (Fsp3) is 0.471. The van der Waals surface area contributed by atoms with Gasteiger partial charge in [-0.1, -0.05) is 0 Å². The summed E-state index contributed by atoms with van der Waals surface area (Å²) in [6.45, 7) is 5.36. The molecule has 23 heavy (non-hydrogen) atoms. The molecule has 0 unspecified atom stereocenters. The van der Waals surface area contributed by atoms with Crippen LogP contribution in [0.15, 0.2) is 30.1 Å². The molecule has 0 atom stereocenters. The Bertz CT molecular complexity index is 542. The van der Waals surface area contributed by atoms with Crippen molar-refractivity contribution < 1.29 is 23.4 Å². The van der Waals surface area contributed by atoms with Gasteiger partial charge in [-0.3, -0.25) is 0 Å². The van der Waals surface area contributed by atoms with E-state index in [4.69, 9.17) is 14.2 Å². The molecule has 0 aliphatic rings. The standard InChI is InChI=1S/C17H24FNO4/c1-17(2,3)23-16(20)19-11-13(10-18)6-12-7-14(21-4)9-15(8-12)22-5/h7-10H,6,11H2,1-5H3,(H,19,20). The van der Waals surface area contributed by atoms with E-state index in [-0.39, 0.29) is 6.54 Å². The fourth-order valence-corrected chi connectivity index (χ4v) is 1.87. The lowest BCUT2D eigenvalue weighted by Gasteiger charge is -2.20. The first kappa shape index (κ1) is 18.8. The van der Waals surface area contributed by atoms with Crippen molar-refractivity contribution in [3.8, 4) is 11.5 Å². The van der Waals surface area contributed by atoms with Gasteiger partial charge in [-0.25, -0.2) is 9.18 Å². The Morgan fingerprint density at radius 1 is 1.17 bits per heavy atom. The number of methoxy groups -OCH3 is 2. The summed E-state index contributed by atoms with van der Waals surface area (Å²) >= 11 is 0. The zero-order valence-corrected chi connectivity index (χ0v) is 14.2. The van der Waals surface area contributed by atoms with Gasteiger partial charge in [0.05, 0.1) is 20.5 Å². The van der Waals surface area contributed by atoms with Crippen LogP contribution in [0.5, 0.6) is 11.5 Å². The second kappa shape index (κ2) is 8.41. The predicted octanol–water partition coefficient (Wildman–Crippen LogP) is 3.62. The van der Waals surface area contributed by atoms with Crippen LogP contribution < -0.4 is 14.8 Å². The van der Waals surface area contributed by atoms with Crippen LogP contribution in [0.4, 0.5) is 9.18 Å². The third kappa shape index (κ3) is 7.04. The smallest absolute Gasteiger partial charge is 0.407 e. The molecule has 1 N–H and O–H groups in total. The average Bonchev–Trinajstić information content (AvgIpc) is 2.49. The third-order valence-electron chi connectivity index (χ3n) is 2.86. The number of nitrogens with one attached hydrogen (secondary N) is 1. The Morgan fingerprint density at radius 2 is 1.74 bits per heavy atom. The summed E-state index contributed by atoms with van der Waals surface area (Å²) in [5.41, 5.74) is 0.631. The molecular weight excluding hydrogens is 301 g/mol. The van der Waals surface area contributed by atoms with Crippen LogP contribution in [0.25, 0.3) is 0 Å². The van der Waals surface area contributed by atoms with E-state index in [1.54, 1.807) is 53.2 Å². The number of hydrogen-bond acceptors (Lipinski definition) is 4. The number of ether oxygens (including phenoxy) is 3. The Labute approximate surface area is 136 Å². The maximum Gasteiger partial charge on any atom is 0.407 e. The maximum atomic E-state index is 13.1. The maximum absolute atomic E-state index is 13.1. The molecule has 0 heterocycles. The van der Waals surface area contributed by atoms with E-state index in [2.05, 4.69) is 5.32 Å². The highest BCUT2D eigenvalue weighted by Gasteiger charge is 2.16. The van der Waals surface area contributed by atoms with Gasteiger partial charge in [0.1, 0.15) is 17.1 Å². The predicted molar refractivity (Wildman–Crippen MR) is 86.7 cm³/mol. The van der Waals surface area contributed by atoms with Crippen molar-refractivity contribution >= 4 is 6.09 Å². The highest BCUT2D eigenvalue weighted by molar-refractivity contribution is 5.68. The van der Waals surface area contributed by atoms with Gasteiger partial charge < -0.3 is 19.5 Å². The van der Waals surface area contributed by atoms with Crippen molar-refractivity contribution in [2.75, 3.05) is 20.8 Å². The lowest BCUT2D eigenvalue weighted by atomic mass is 10.1. The molecule has 0 fully saturated rings. The minimum Gasteiger partial charge on any atom is -0.497 e. The van der Waals surface area contributed by atoms with Gasteiger partial charge >= 0.3 is 6.09 Å². The molecule has 1 aromatic rings. The van der Waals surface area contributed by atoms with Crippen LogP contribution in [-0.4, -0.2) is 32.5 Å². The number of carbonyl (C=O) groups is 1. The number of halogens is 1. The summed E-state index contributed by atoms with van der Waals surface area (Å²) in [6, 6.07) is 5.32. The van der Waals surface area contributed by atoms with E-state index in [0.717, 1.165) is 5.56 Å². The molecule has 0 saturated heterocycles. The van der Waals surface area contributed by atoms with Gasteiger partial charge in [-0.2, -0.15) is 0 Å². The quantitative estimate of drug-likeness (QED) is 0.868. The second-order valence-corrected chi connectivity index (χ2v) is 6.02. The van der Waals surface area contributed by atoms with Crippen LogP contribution >= 0.6 is 0 Å². The first-order chi connectivity index (χ1) is 10.8. The SMILES string of the molecule is COc1cc(CC(=CF)CNC(=O)OC(C)(C)C)cc(OC)c1. The Balaban J connectivity index is 2.69. The number of rotatable bonds is 6. The lowest BCUT2D eigenvalue weighted by molar-refractivity contribution is 0.0532. The molecule has 0 radical (unpaired) electrons. The van der Waals surface area contributed by atoms with Crippen LogP contribution in [0.1, 0.15) is 26.3 Å². The Morgan fingerprint density at radius 3 is 2.17 bits per heavy atom. The van der Waals surface area contributed by atoms with Gasteiger partial charge in [0.25, 0.3) is 0 Å². The number of hydrogen-bond donors (Lipinski definition) is 1. The largest absolute Gasteiger partial charge is 0.497 e. The summed E-state index contributed by atoms with van der Waals surface area (Å²) < 4.78 is 28.6. The van der Waals surface area contributed by atoms with Crippen molar-refractivity contribution in [1.29, 1.82) is 0 Å². The summed E-state index contributed by atoms with van der Waals surface area (Å²) in [4.78, 5) is 11.6. The molecule has 0 saturated carbocycles. The van der Waals surface area contributed by atoms with Crippen molar-refractivity contribution in [2.24, 2.45) is 0 Å². The van der Waals surface area contributed by atoms with Crippen LogP contribution in [-0.2, 0) is 11.2 Å². The Kier molecular flexibility index (Phi) is 6.88. The molecule has 0 bridgehead atoms. The fourth-order valence-electron chi connectivity index (χ4n) is 1.87. The van der Waals surface area contributed by atoms with E-state index < -0.39 is 11.7 Å². The molecule has 0 aromatic heterocycles. The third-order valence-corrected chi connectivity index (χ3v) is 2.86. The van der Waals surface area contributed by atoms with E-state index in [0.29, 0.717) is 29.8 Å². The van der Waals surface area contributed by atoms with E-state index >= 15 is 0 Å². The Hall–Kier alpha value is -2.24. The number of amides is 1. The molecule has 5 nitrogen and oxygen atoms in total. The van der Waals surface area contributed by atoms with Gasteiger partial charge in [0.15, 0.2) is 0 Å². The molecule has 0 spiro atoms. The monoisotopic (exact) mass is 325 g/mol. The number of benzene rings is 1. The zero-order valence-electron chi connectivity index (χ0n) is 14.2. The van der Waals surface area contributed by atoms with Crippen LogP contribution in [0.3, 0.4) is 0 Å². The van der Waals surface area contributed by atoms with E-state index in [9.17, 15) is 9.18 Å². The van der Waals surface area contributed by atoms with Gasteiger partial charge in [0.2, 0.25) is 0 Å². The topological polar surface area (TPSA) is 56.8 Å². The molecule has 128 valence electrons. The van der Waals surface area contributed by atoms with Gasteiger partial charge in [0, 0.05) is 12.6 Å². The normalized spacial score (nSPS) is 11.8. The molecule has 0 aliphatic heterocycles. The minimum absolute atomic E-state index is 0.0605. The van der Waals surface area contributed by atoms with Gasteiger partial charge in [-0.15, -0.1) is 0 Å². The number of alkyl carbamates (subject to hydrolysis) is 1. The van der Waals surface area contributed by atoms with Crippen molar-refractivity contribution in [3.63, 3.8) is 0 Å². The average molecular weight is 325 g/mol. The summed E-state index contributed by atoms with van der Waals surface area (Å²) in [6.07, 6.45) is 0.225. The molecule has 0 aliphatic carbocycles. The summed E-state index contributed by atoms with van der Waals surface area (Å²) in [7, 11) is 3.10.